The van der Waals surface area contributed by atoms with Crippen LogP contribution < -0.4 is 5.32 Å². The topological polar surface area (TPSA) is 39.1 Å². The molecule has 0 aliphatic carbocycles. The number of benzene rings is 1. The predicted molar refractivity (Wildman–Crippen MR) is 77.8 cm³/mol. The SMILES string of the molecule is CCOCCCn1ccnc1Nc1ccc(C)cc1F. The molecule has 1 aromatic heterocycles. The van der Waals surface area contributed by atoms with Crippen LogP contribution in [0.1, 0.15) is 18.9 Å². The van der Waals surface area contributed by atoms with Gasteiger partial charge in [-0.3, -0.25) is 0 Å². The van der Waals surface area contributed by atoms with E-state index in [-0.39, 0.29) is 5.82 Å². The van der Waals surface area contributed by atoms with Gasteiger partial charge in [-0.05, 0) is 38.0 Å². The Morgan fingerprint density at radius 1 is 1.40 bits per heavy atom. The third-order valence-corrected chi connectivity index (χ3v) is 2.98. The number of nitrogens with zero attached hydrogens (tertiary/aromatic N) is 2. The zero-order chi connectivity index (χ0) is 14.4. The van der Waals surface area contributed by atoms with E-state index in [0.717, 1.165) is 25.1 Å². The Morgan fingerprint density at radius 3 is 3.00 bits per heavy atom. The lowest BCUT2D eigenvalue weighted by molar-refractivity contribution is 0.142. The second-order valence-electron chi connectivity index (χ2n) is 4.60. The highest BCUT2D eigenvalue weighted by Gasteiger charge is 2.07. The maximum atomic E-state index is 13.8. The summed E-state index contributed by atoms with van der Waals surface area (Å²) in [7, 11) is 0. The molecule has 0 aliphatic heterocycles. The fraction of sp³-hybridized carbons (Fsp3) is 0.400. The van der Waals surface area contributed by atoms with Gasteiger partial charge < -0.3 is 14.6 Å². The zero-order valence-electron chi connectivity index (χ0n) is 11.9. The van der Waals surface area contributed by atoms with Crippen LogP contribution >= 0.6 is 0 Å². The van der Waals surface area contributed by atoms with Gasteiger partial charge >= 0.3 is 0 Å². The van der Waals surface area contributed by atoms with Crippen LogP contribution in [0.3, 0.4) is 0 Å². The van der Waals surface area contributed by atoms with Gasteiger partial charge in [-0.1, -0.05) is 6.07 Å². The largest absolute Gasteiger partial charge is 0.382 e. The zero-order valence-corrected chi connectivity index (χ0v) is 11.9. The molecule has 20 heavy (non-hydrogen) atoms. The monoisotopic (exact) mass is 277 g/mol. The van der Waals surface area contributed by atoms with Gasteiger partial charge in [0.15, 0.2) is 0 Å². The molecular weight excluding hydrogens is 257 g/mol. The molecule has 0 saturated heterocycles. The van der Waals surface area contributed by atoms with Crippen molar-refractivity contribution in [2.45, 2.75) is 26.8 Å². The lowest BCUT2D eigenvalue weighted by atomic mass is 10.2. The van der Waals surface area contributed by atoms with Crippen molar-refractivity contribution in [3.05, 3.63) is 42.0 Å². The highest BCUT2D eigenvalue weighted by atomic mass is 19.1. The van der Waals surface area contributed by atoms with Crippen LogP contribution in [0.15, 0.2) is 30.6 Å². The maximum Gasteiger partial charge on any atom is 0.207 e. The average molecular weight is 277 g/mol. The van der Waals surface area contributed by atoms with E-state index in [1.807, 2.05) is 30.7 Å². The van der Waals surface area contributed by atoms with E-state index < -0.39 is 0 Å². The van der Waals surface area contributed by atoms with Crippen molar-refractivity contribution in [2.24, 2.45) is 0 Å². The van der Waals surface area contributed by atoms with E-state index >= 15 is 0 Å². The van der Waals surface area contributed by atoms with Crippen LogP contribution in [0.2, 0.25) is 0 Å². The number of hydrogen-bond donors (Lipinski definition) is 1. The standard InChI is InChI=1S/C15H20FN3O/c1-3-20-10-4-8-19-9-7-17-15(19)18-14-6-5-12(2)11-13(14)16/h5-7,9,11H,3-4,8,10H2,1-2H3,(H,17,18). The van der Waals surface area contributed by atoms with Crippen molar-refractivity contribution < 1.29 is 9.13 Å². The Morgan fingerprint density at radius 2 is 2.25 bits per heavy atom. The third kappa shape index (κ3) is 3.81. The highest BCUT2D eigenvalue weighted by molar-refractivity contribution is 5.55. The number of hydrogen-bond acceptors (Lipinski definition) is 3. The maximum absolute atomic E-state index is 13.8. The number of halogens is 1. The van der Waals surface area contributed by atoms with Crippen molar-refractivity contribution in [1.29, 1.82) is 0 Å². The molecule has 5 heteroatoms. The van der Waals surface area contributed by atoms with Gasteiger partial charge in [0.25, 0.3) is 0 Å². The van der Waals surface area contributed by atoms with Crippen molar-refractivity contribution in [1.82, 2.24) is 9.55 Å². The van der Waals surface area contributed by atoms with Gasteiger partial charge in [0.1, 0.15) is 5.82 Å². The molecule has 1 heterocycles. The molecule has 0 amide bonds. The number of aromatic nitrogens is 2. The molecule has 0 spiro atoms. The van der Waals surface area contributed by atoms with Crippen molar-refractivity contribution >= 4 is 11.6 Å². The lowest BCUT2D eigenvalue weighted by Gasteiger charge is -2.11. The number of rotatable bonds is 7. The molecule has 2 rings (SSSR count). The number of nitrogens with one attached hydrogen (secondary N) is 1. The number of imidazole rings is 1. The summed E-state index contributed by atoms with van der Waals surface area (Å²) in [5, 5.41) is 3.02. The minimum Gasteiger partial charge on any atom is -0.382 e. The molecule has 0 fully saturated rings. The number of ether oxygens (including phenoxy) is 1. The third-order valence-electron chi connectivity index (χ3n) is 2.98. The molecule has 1 N–H and O–H groups in total. The summed E-state index contributed by atoms with van der Waals surface area (Å²) in [5.41, 5.74) is 1.33. The first-order chi connectivity index (χ1) is 9.70. The van der Waals surface area contributed by atoms with E-state index in [1.165, 1.54) is 6.07 Å². The lowest BCUT2D eigenvalue weighted by Crippen LogP contribution is -2.06. The summed E-state index contributed by atoms with van der Waals surface area (Å²) in [6, 6.07) is 5.10. The Balaban J connectivity index is 2.01. The molecule has 0 unspecified atom stereocenters. The average Bonchev–Trinajstić information content (AvgIpc) is 2.85. The smallest absolute Gasteiger partial charge is 0.207 e. The Hall–Kier alpha value is -1.88. The summed E-state index contributed by atoms with van der Waals surface area (Å²) >= 11 is 0. The second-order valence-corrected chi connectivity index (χ2v) is 4.60. The summed E-state index contributed by atoms with van der Waals surface area (Å²) in [5.74, 6) is 0.373. The summed E-state index contributed by atoms with van der Waals surface area (Å²) < 4.78 is 21.1. The second kappa shape index (κ2) is 7.05. The van der Waals surface area contributed by atoms with Gasteiger partial charge in [0, 0.05) is 32.2 Å². The quantitative estimate of drug-likeness (QED) is 0.787. The van der Waals surface area contributed by atoms with Crippen LogP contribution in [0.5, 0.6) is 0 Å². The summed E-state index contributed by atoms with van der Waals surface area (Å²) in [6.07, 6.45) is 4.48. The van der Waals surface area contributed by atoms with Crippen LogP contribution in [0.4, 0.5) is 16.0 Å². The van der Waals surface area contributed by atoms with Gasteiger partial charge in [-0.2, -0.15) is 0 Å². The molecule has 0 bridgehead atoms. The summed E-state index contributed by atoms with van der Waals surface area (Å²) in [6.45, 7) is 6.07. The molecule has 108 valence electrons. The van der Waals surface area contributed by atoms with E-state index in [2.05, 4.69) is 10.3 Å². The van der Waals surface area contributed by atoms with Gasteiger partial charge in [0.2, 0.25) is 5.95 Å². The van der Waals surface area contributed by atoms with Crippen LogP contribution in [0.25, 0.3) is 0 Å². The molecule has 0 aliphatic rings. The van der Waals surface area contributed by atoms with E-state index in [4.69, 9.17) is 4.74 Å². The minimum atomic E-state index is -0.270. The Labute approximate surface area is 118 Å². The van der Waals surface area contributed by atoms with E-state index in [1.54, 1.807) is 12.3 Å². The fourth-order valence-electron chi connectivity index (χ4n) is 1.94. The molecule has 1 aromatic carbocycles. The first-order valence-electron chi connectivity index (χ1n) is 6.82. The molecular formula is C15H20FN3O. The summed E-state index contributed by atoms with van der Waals surface area (Å²) in [4.78, 5) is 4.22. The van der Waals surface area contributed by atoms with Crippen molar-refractivity contribution in [2.75, 3.05) is 18.5 Å². The van der Waals surface area contributed by atoms with Gasteiger partial charge in [-0.25, -0.2) is 9.37 Å². The molecule has 2 aromatic rings. The van der Waals surface area contributed by atoms with Crippen LogP contribution in [0, 0.1) is 12.7 Å². The first kappa shape index (κ1) is 14.5. The van der Waals surface area contributed by atoms with Gasteiger partial charge in [0.05, 0.1) is 5.69 Å². The highest BCUT2D eigenvalue weighted by Crippen LogP contribution is 2.20. The molecule has 0 atom stereocenters. The number of aryl methyl sites for hydroxylation is 2. The van der Waals surface area contributed by atoms with E-state index in [0.29, 0.717) is 18.2 Å². The molecule has 0 radical (unpaired) electrons. The van der Waals surface area contributed by atoms with Crippen LogP contribution in [-0.2, 0) is 11.3 Å². The minimum absolute atomic E-state index is 0.270. The van der Waals surface area contributed by atoms with E-state index in [9.17, 15) is 4.39 Å². The normalized spacial score (nSPS) is 10.8. The Kier molecular flexibility index (Phi) is 5.12. The Bertz CT molecular complexity index is 554. The van der Waals surface area contributed by atoms with Crippen molar-refractivity contribution in [3.8, 4) is 0 Å². The molecule has 0 saturated carbocycles. The fourth-order valence-corrected chi connectivity index (χ4v) is 1.94. The number of anilines is 2. The van der Waals surface area contributed by atoms with Gasteiger partial charge in [-0.15, -0.1) is 0 Å². The first-order valence-corrected chi connectivity index (χ1v) is 6.82. The predicted octanol–water partition coefficient (Wildman–Crippen LogP) is 3.50. The van der Waals surface area contributed by atoms with Crippen LogP contribution in [-0.4, -0.2) is 22.8 Å². The van der Waals surface area contributed by atoms with Crippen molar-refractivity contribution in [3.63, 3.8) is 0 Å². The molecule has 4 nitrogen and oxygen atoms in total.